The zero-order valence-electron chi connectivity index (χ0n) is 20.4. The Morgan fingerprint density at radius 1 is 0.848 bits per heavy atom. The molecule has 0 spiro atoms. The van der Waals surface area contributed by atoms with Crippen LogP contribution in [0.1, 0.15) is 29.2 Å². The Bertz CT molecular complexity index is 912. The molecular formula is C25H36ClNO6. The molecule has 0 fully saturated rings. The van der Waals surface area contributed by atoms with Crippen molar-refractivity contribution in [2.24, 2.45) is 0 Å². The topological polar surface area (TPSA) is 66.4 Å². The van der Waals surface area contributed by atoms with E-state index in [0.29, 0.717) is 17.2 Å². The maximum absolute atomic E-state index is 9.53. The molecule has 33 heavy (non-hydrogen) atoms. The van der Waals surface area contributed by atoms with Gasteiger partial charge in [-0.15, -0.1) is 0 Å². The van der Waals surface area contributed by atoms with Crippen LogP contribution in [0.2, 0.25) is 0 Å². The van der Waals surface area contributed by atoms with Crippen LogP contribution in [0.4, 0.5) is 0 Å². The van der Waals surface area contributed by atoms with Crippen molar-refractivity contribution < 1.29 is 45.7 Å². The van der Waals surface area contributed by atoms with Gasteiger partial charge in [0.05, 0.1) is 55.7 Å². The monoisotopic (exact) mass is 481 g/mol. The predicted octanol–water partition coefficient (Wildman–Crippen LogP) is 0.403. The lowest BCUT2D eigenvalue weighted by molar-refractivity contribution is -0.941. The summed E-state index contributed by atoms with van der Waals surface area (Å²) in [6.07, 6.45) is 2.48. The second kappa shape index (κ2) is 11.7. The molecule has 3 rings (SSSR count). The van der Waals surface area contributed by atoms with Crippen LogP contribution < -0.4 is 36.1 Å². The highest BCUT2D eigenvalue weighted by Crippen LogP contribution is 2.44. The molecule has 1 aliphatic heterocycles. The third-order valence-electron chi connectivity index (χ3n) is 6.63. The van der Waals surface area contributed by atoms with E-state index in [1.165, 1.54) is 11.1 Å². The predicted molar refractivity (Wildman–Crippen MR) is 123 cm³/mol. The Hall–Kier alpha value is -2.35. The van der Waals surface area contributed by atoms with Crippen LogP contribution in [0.5, 0.6) is 28.7 Å². The number of nitrogens with zero attached hydrogens (tertiary/aromatic N) is 1. The van der Waals surface area contributed by atoms with Gasteiger partial charge in [0.25, 0.3) is 0 Å². The minimum absolute atomic E-state index is 0. The minimum Gasteiger partial charge on any atom is -1.00 e. The molecule has 2 aromatic carbocycles. The quantitative estimate of drug-likeness (QED) is 0.496. The second-order valence-corrected chi connectivity index (χ2v) is 8.41. The van der Waals surface area contributed by atoms with Gasteiger partial charge < -0.3 is 45.7 Å². The van der Waals surface area contributed by atoms with E-state index in [0.717, 1.165) is 53.9 Å². The molecule has 1 heterocycles. The molecule has 2 aromatic rings. The van der Waals surface area contributed by atoms with E-state index in [2.05, 4.69) is 19.2 Å². The zero-order valence-corrected chi connectivity index (χ0v) is 21.2. The number of quaternary nitrogens is 1. The number of aliphatic hydroxyl groups is 1. The molecule has 2 atom stereocenters. The van der Waals surface area contributed by atoms with Gasteiger partial charge in [-0.2, -0.15) is 0 Å². The Kier molecular flexibility index (Phi) is 9.52. The lowest BCUT2D eigenvalue weighted by atomic mass is 9.86. The van der Waals surface area contributed by atoms with Crippen molar-refractivity contribution in [3.63, 3.8) is 0 Å². The zero-order chi connectivity index (χ0) is 23.3. The van der Waals surface area contributed by atoms with Crippen LogP contribution in [0.3, 0.4) is 0 Å². The minimum atomic E-state index is 0. The fourth-order valence-corrected chi connectivity index (χ4v) is 4.84. The van der Waals surface area contributed by atoms with Crippen LogP contribution in [0.25, 0.3) is 0 Å². The first-order chi connectivity index (χ1) is 15.4. The van der Waals surface area contributed by atoms with E-state index in [-0.39, 0.29) is 25.1 Å². The maximum atomic E-state index is 9.53. The number of fused-ring (bicyclic) bond motifs is 1. The number of benzene rings is 2. The SMILES string of the molecule is COc1cc2c(cc1OC)[C@H](Cc1cc(OC)c(OC)c(OC)c1)[N@@+](C)(CCCO)CC2.[Cl-]. The van der Waals surface area contributed by atoms with Crippen molar-refractivity contribution in [2.45, 2.75) is 25.3 Å². The summed E-state index contributed by atoms with van der Waals surface area (Å²) < 4.78 is 28.7. The average molecular weight is 482 g/mol. The molecule has 184 valence electrons. The fourth-order valence-electron chi connectivity index (χ4n) is 4.84. The Labute approximate surface area is 203 Å². The summed E-state index contributed by atoms with van der Waals surface area (Å²) >= 11 is 0. The largest absolute Gasteiger partial charge is 1.00 e. The molecule has 0 aromatic heterocycles. The molecule has 8 heteroatoms. The van der Waals surface area contributed by atoms with Gasteiger partial charge in [-0.3, -0.25) is 0 Å². The van der Waals surface area contributed by atoms with Crippen molar-refractivity contribution in [3.05, 3.63) is 41.0 Å². The van der Waals surface area contributed by atoms with Crippen LogP contribution in [-0.4, -0.2) is 71.9 Å². The summed E-state index contributed by atoms with van der Waals surface area (Å²) in [6, 6.07) is 8.43. The maximum Gasteiger partial charge on any atom is 0.203 e. The normalized spacial score (nSPS) is 19.2. The molecule has 0 aliphatic carbocycles. The molecular weight excluding hydrogens is 446 g/mol. The second-order valence-electron chi connectivity index (χ2n) is 8.41. The Balaban J connectivity index is 0.00000385. The van der Waals surface area contributed by atoms with Gasteiger partial charge in [-0.1, -0.05) is 0 Å². The van der Waals surface area contributed by atoms with E-state index in [1.807, 2.05) is 12.1 Å². The summed E-state index contributed by atoms with van der Waals surface area (Å²) in [5.74, 6) is 3.37. The molecule has 0 saturated heterocycles. The van der Waals surface area contributed by atoms with Crippen LogP contribution in [-0.2, 0) is 12.8 Å². The van der Waals surface area contributed by atoms with E-state index < -0.39 is 0 Å². The fraction of sp³-hybridized carbons (Fsp3) is 0.520. The van der Waals surface area contributed by atoms with E-state index in [1.54, 1.807) is 35.5 Å². The number of hydrogen-bond acceptors (Lipinski definition) is 6. The average Bonchev–Trinajstić information content (AvgIpc) is 2.83. The molecule has 7 nitrogen and oxygen atoms in total. The smallest absolute Gasteiger partial charge is 0.203 e. The van der Waals surface area contributed by atoms with Crippen LogP contribution in [0.15, 0.2) is 24.3 Å². The van der Waals surface area contributed by atoms with Gasteiger partial charge in [0.1, 0.15) is 6.04 Å². The van der Waals surface area contributed by atoms with Crippen molar-refractivity contribution in [3.8, 4) is 28.7 Å². The number of halogens is 1. The van der Waals surface area contributed by atoms with E-state index in [4.69, 9.17) is 23.7 Å². The third kappa shape index (κ3) is 5.42. The number of aliphatic hydroxyl groups excluding tert-OH is 1. The Morgan fingerprint density at radius 3 is 1.94 bits per heavy atom. The highest BCUT2D eigenvalue weighted by molar-refractivity contribution is 5.54. The van der Waals surface area contributed by atoms with Gasteiger partial charge in [0.2, 0.25) is 5.75 Å². The molecule has 1 aliphatic rings. The van der Waals surface area contributed by atoms with Crippen LogP contribution >= 0.6 is 0 Å². The van der Waals surface area contributed by atoms with Gasteiger partial charge in [-0.05, 0) is 35.4 Å². The molecule has 1 N–H and O–H groups in total. The van der Waals surface area contributed by atoms with E-state index >= 15 is 0 Å². The Morgan fingerprint density at radius 2 is 1.42 bits per heavy atom. The number of ether oxygens (including phenoxy) is 5. The summed E-state index contributed by atoms with van der Waals surface area (Å²) in [5, 5.41) is 9.53. The summed E-state index contributed by atoms with van der Waals surface area (Å²) in [7, 11) is 10.5. The van der Waals surface area contributed by atoms with Crippen molar-refractivity contribution >= 4 is 0 Å². The first-order valence-electron chi connectivity index (χ1n) is 10.9. The molecule has 0 saturated carbocycles. The lowest BCUT2D eigenvalue weighted by Gasteiger charge is -2.46. The molecule has 0 radical (unpaired) electrons. The van der Waals surface area contributed by atoms with Crippen LogP contribution in [0, 0.1) is 0 Å². The van der Waals surface area contributed by atoms with Gasteiger partial charge >= 0.3 is 0 Å². The van der Waals surface area contributed by atoms with E-state index in [9.17, 15) is 5.11 Å². The molecule has 0 bridgehead atoms. The molecule has 0 amide bonds. The summed E-state index contributed by atoms with van der Waals surface area (Å²) in [5.41, 5.74) is 3.63. The number of likely N-dealkylation sites (N-methyl/N-ethyl adjacent to an activating group) is 1. The highest BCUT2D eigenvalue weighted by Gasteiger charge is 2.39. The summed E-state index contributed by atoms with van der Waals surface area (Å²) in [4.78, 5) is 0. The van der Waals surface area contributed by atoms with Gasteiger partial charge in [-0.25, -0.2) is 0 Å². The first-order valence-corrected chi connectivity index (χ1v) is 10.9. The van der Waals surface area contributed by atoms with Crippen molar-refractivity contribution in [1.29, 1.82) is 0 Å². The highest BCUT2D eigenvalue weighted by atomic mass is 35.5. The third-order valence-corrected chi connectivity index (χ3v) is 6.63. The van der Waals surface area contributed by atoms with Crippen molar-refractivity contribution in [2.75, 3.05) is 62.3 Å². The standard InChI is InChI=1S/C25H36NO6.ClH/c1-26(9-7-11-27)10-8-18-15-21(28-2)22(29-3)16-19(18)20(26)12-17-13-23(30-4)25(32-6)24(14-17)31-5;/h13-16,20,27H,7-12H2,1-6H3;1H/q+1;/p-1/t20-,26-;/m0./s1. The summed E-state index contributed by atoms with van der Waals surface area (Å²) in [6.45, 7) is 2.06. The first kappa shape index (κ1) is 26.9. The number of rotatable bonds is 10. The number of methoxy groups -OCH3 is 5. The van der Waals surface area contributed by atoms with Crippen molar-refractivity contribution in [1.82, 2.24) is 0 Å². The number of hydrogen-bond donors (Lipinski definition) is 1. The van der Waals surface area contributed by atoms with Gasteiger partial charge in [0, 0.05) is 31.4 Å². The lowest BCUT2D eigenvalue weighted by Crippen LogP contribution is -3.00. The van der Waals surface area contributed by atoms with Gasteiger partial charge in [0.15, 0.2) is 23.0 Å². The molecule has 0 unspecified atom stereocenters.